The van der Waals surface area contributed by atoms with Crippen LogP contribution in [0.3, 0.4) is 0 Å². The molecule has 1 N–H and O–H groups in total. The number of carboxylic acids is 1. The molecule has 0 bridgehead atoms. The van der Waals surface area contributed by atoms with Gasteiger partial charge in [0.25, 0.3) is 0 Å². The number of allylic oxidation sites excluding steroid dienone is 2. The highest BCUT2D eigenvalue weighted by atomic mass is 16.4. The number of aliphatic imine (C=N–C) groups is 1. The molecule has 5 nitrogen and oxygen atoms in total. The molecule has 0 amide bonds. The molecule has 3 aliphatic heterocycles. The standard InChI is InChI=1S/C12H9N3O2/c16-12(17)9-2-3-10-7-14-5-1-4-13-11(14)8-15(10)6-9/h1-8H,(H,16,17). The van der Waals surface area contributed by atoms with Gasteiger partial charge in [-0.3, -0.25) is 0 Å². The number of hydrogen-bond donors (Lipinski definition) is 1. The van der Waals surface area contributed by atoms with E-state index in [9.17, 15) is 4.79 Å². The number of fused-ring (bicyclic) bond motifs is 2. The number of carboxylic acid groups (broad SMARTS) is 1. The highest BCUT2D eigenvalue weighted by molar-refractivity contribution is 5.90. The fraction of sp³-hybridized carbons (Fsp3) is 0. The van der Waals surface area contributed by atoms with Crippen LogP contribution in [0.4, 0.5) is 0 Å². The molecule has 84 valence electrons. The summed E-state index contributed by atoms with van der Waals surface area (Å²) in [5.74, 6) is -0.180. The van der Waals surface area contributed by atoms with Crippen LogP contribution in [0.5, 0.6) is 0 Å². The van der Waals surface area contributed by atoms with Gasteiger partial charge in [0.05, 0.1) is 17.5 Å². The number of rotatable bonds is 1. The third-order valence-electron chi connectivity index (χ3n) is 2.59. The van der Waals surface area contributed by atoms with Crippen LogP contribution in [0.1, 0.15) is 0 Å². The first-order valence-corrected chi connectivity index (χ1v) is 5.08. The van der Waals surface area contributed by atoms with Crippen molar-refractivity contribution in [3.63, 3.8) is 0 Å². The highest BCUT2D eigenvalue weighted by Crippen LogP contribution is 2.26. The lowest BCUT2D eigenvalue weighted by Crippen LogP contribution is -2.25. The number of hydrogen-bond acceptors (Lipinski definition) is 4. The monoisotopic (exact) mass is 227 g/mol. The second-order valence-electron chi connectivity index (χ2n) is 3.70. The Hall–Kier alpha value is -2.56. The highest BCUT2D eigenvalue weighted by Gasteiger charge is 2.20. The summed E-state index contributed by atoms with van der Waals surface area (Å²) >= 11 is 0. The van der Waals surface area contributed by atoms with Gasteiger partial charge in [-0.1, -0.05) is 0 Å². The van der Waals surface area contributed by atoms with Crippen molar-refractivity contribution < 1.29 is 9.90 Å². The summed E-state index contributed by atoms with van der Waals surface area (Å²) in [4.78, 5) is 18.7. The van der Waals surface area contributed by atoms with E-state index in [0.717, 1.165) is 11.5 Å². The fourth-order valence-corrected chi connectivity index (χ4v) is 1.75. The molecule has 0 saturated heterocycles. The molecule has 0 radical (unpaired) electrons. The van der Waals surface area contributed by atoms with Gasteiger partial charge in [0.1, 0.15) is 0 Å². The Morgan fingerprint density at radius 2 is 2.06 bits per heavy atom. The van der Waals surface area contributed by atoms with Crippen LogP contribution in [0.2, 0.25) is 0 Å². The summed E-state index contributed by atoms with van der Waals surface area (Å²) in [6.45, 7) is 0. The van der Waals surface area contributed by atoms with Crippen molar-refractivity contribution in [2.45, 2.75) is 0 Å². The third kappa shape index (κ3) is 1.57. The normalized spacial score (nSPS) is 20.4. The number of aliphatic carboxylic acids is 1. The lowest BCUT2D eigenvalue weighted by Gasteiger charge is -2.31. The molecule has 0 unspecified atom stereocenters. The van der Waals surface area contributed by atoms with Crippen molar-refractivity contribution in [3.05, 3.63) is 60.1 Å². The summed E-state index contributed by atoms with van der Waals surface area (Å²) in [5, 5.41) is 8.92. The van der Waals surface area contributed by atoms with E-state index in [2.05, 4.69) is 4.99 Å². The fourth-order valence-electron chi connectivity index (χ4n) is 1.75. The van der Waals surface area contributed by atoms with Crippen LogP contribution in [0.25, 0.3) is 0 Å². The zero-order chi connectivity index (χ0) is 11.8. The Labute approximate surface area is 97.7 Å². The minimum absolute atomic E-state index is 0.253. The summed E-state index contributed by atoms with van der Waals surface area (Å²) in [6, 6.07) is 0. The zero-order valence-electron chi connectivity index (χ0n) is 8.82. The van der Waals surface area contributed by atoms with E-state index in [1.807, 2.05) is 23.4 Å². The van der Waals surface area contributed by atoms with Gasteiger partial charge < -0.3 is 14.9 Å². The SMILES string of the molecule is O=C(O)C1=CN2C=C3N=CC=CN3C=C2C=C1. The summed E-state index contributed by atoms with van der Waals surface area (Å²) < 4.78 is 0. The first kappa shape index (κ1) is 9.65. The first-order valence-electron chi connectivity index (χ1n) is 5.08. The minimum atomic E-state index is -0.937. The molecule has 0 aromatic carbocycles. The Bertz CT molecular complexity index is 564. The first-order chi connectivity index (χ1) is 8.24. The van der Waals surface area contributed by atoms with Gasteiger partial charge in [0, 0.05) is 24.8 Å². The maximum absolute atomic E-state index is 10.9. The van der Waals surface area contributed by atoms with E-state index in [1.165, 1.54) is 0 Å². The van der Waals surface area contributed by atoms with Crippen LogP contribution < -0.4 is 0 Å². The molecule has 17 heavy (non-hydrogen) atoms. The van der Waals surface area contributed by atoms with Gasteiger partial charge in [-0.2, -0.15) is 0 Å². The lowest BCUT2D eigenvalue weighted by atomic mass is 10.1. The Morgan fingerprint density at radius 1 is 1.18 bits per heavy atom. The van der Waals surface area contributed by atoms with E-state index in [-0.39, 0.29) is 5.57 Å². The van der Waals surface area contributed by atoms with Crippen LogP contribution in [-0.2, 0) is 4.79 Å². The van der Waals surface area contributed by atoms with Gasteiger partial charge in [-0.25, -0.2) is 9.79 Å². The second kappa shape index (κ2) is 3.48. The maximum Gasteiger partial charge on any atom is 0.337 e. The predicted molar refractivity (Wildman–Crippen MR) is 62.3 cm³/mol. The molecule has 5 heteroatoms. The van der Waals surface area contributed by atoms with Crippen molar-refractivity contribution in [2.75, 3.05) is 0 Å². The Balaban J connectivity index is 1.99. The van der Waals surface area contributed by atoms with Gasteiger partial charge in [-0.05, 0) is 18.2 Å². The van der Waals surface area contributed by atoms with E-state index in [1.54, 1.807) is 35.7 Å². The van der Waals surface area contributed by atoms with Crippen molar-refractivity contribution in [2.24, 2.45) is 4.99 Å². The van der Waals surface area contributed by atoms with Gasteiger partial charge in [-0.15, -0.1) is 0 Å². The largest absolute Gasteiger partial charge is 0.478 e. The van der Waals surface area contributed by atoms with Crippen molar-refractivity contribution in [1.82, 2.24) is 9.80 Å². The lowest BCUT2D eigenvalue weighted by molar-refractivity contribution is -0.132. The summed E-state index contributed by atoms with van der Waals surface area (Å²) in [7, 11) is 0. The quantitative estimate of drug-likeness (QED) is 0.735. The molecular weight excluding hydrogens is 218 g/mol. The summed E-state index contributed by atoms with van der Waals surface area (Å²) in [5.41, 5.74) is 1.16. The average molecular weight is 227 g/mol. The van der Waals surface area contributed by atoms with Gasteiger partial charge in [0.2, 0.25) is 0 Å². The van der Waals surface area contributed by atoms with Gasteiger partial charge >= 0.3 is 5.97 Å². The van der Waals surface area contributed by atoms with Crippen LogP contribution >= 0.6 is 0 Å². The third-order valence-corrected chi connectivity index (χ3v) is 2.59. The Kier molecular flexibility index (Phi) is 1.98. The number of nitrogens with zero attached hydrogens (tertiary/aromatic N) is 3. The van der Waals surface area contributed by atoms with E-state index in [4.69, 9.17) is 5.11 Å². The van der Waals surface area contributed by atoms with E-state index < -0.39 is 5.97 Å². The topological polar surface area (TPSA) is 56.1 Å². The molecule has 3 rings (SSSR count). The molecule has 0 fully saturated rings. The summed E-state index contributed by atoms with van der Waals surface area (Å²) in [6.07, 6.45) is 14.1. The van der Waals surface area contributed by atoms with E-state index in [0.29, 0.717) is 0 Å². The Morgan fingerprint density at radius 3 is 2.88 bits per heavy atom. The molecule has 3 aliphatic rings. The van der Waals surface area contributed by atoms with Crippen molar-refractivity contribution >= 4 is 12.2 Å². The average Bonchev–Trinajstić information content (AvgIpc) is 2.35. The zero-order valence-corrected chi connectivity index (χ0v) is 8.82. The van der Waals surface area contributed by atoms with Crippen LogP contribution in [0, 0.1) is 0 Å². The predicted octanol–water partition coefficient (Wildman–Crippen LogP) is 1.38. The molecule has 0 aromatic heterocycles. The van der Waals surface area contributed by atoms with Crippen LogP contribution in [0.15, 0.2) is 65.1 Å². The molecular formula is C12H9N3O2. The van der Waals surface area contributed by atoms with Gasteiger partial charge in [0.15, 0.2) is 5.82 Å². The smallest absolute Gasteiger partial charge is 0.337 e. The molecule has 0 saturated carbocycles. The number of carbonyl (C=O) groups is 1. The molecule has 0 aromatic rings. The maximum atomic E-state index is 10.9. The molecule has 0 atom stereocenters. The molecule has 3 heterocycles. The van der Waals surface area contributed by atoms with Crippen molar-refractivity contribution in [1.29, 1.82) is 0 Å². The minimum Gasteiger partial charge on any atom is -0.478 e. The molecule has 0 spiro atoms. The molecule has 0 aliphatic carbocycles. The van der Waals surface area contributed by atoms with Crippen molar-refractivity contribution in [3.8, 4) is 0 Å². The second-order valence-corrected chi connectivity index (χ2v) is 3.70. The van der Waals surface area contributed by atoms with Crippen LogP contribution in [-0.4, -0.2) is 27.1 Å². The van der Waals surface area contributed by atoms with E-state index >= 15 is 0 Å².